The number of carbonyl (C=O) groups is 1. The Morgan fingerprint density at radius 2 is 2.10 bits per heavy atom. The van der Waals surface area contributed by atoms with E-state index in [2.05, 4.69) is 20.9 Å². The van der Waals surface area contributed by atoms with Gasteiger partial charge in [0.15, 0.2) is 0 Å². The van der Waals surface area contributed by atoms with Crippen LogP contribution in [0.15, 0.2) is 22.8 Å². The molecule has 0 spiro atoms. The van der Waals surface area contributed by atoms with Gasteiger partial charge in [0.2, 0.25) is 0 Å². The van der Waals surface area contributed by atoms with Gasteiger partial charge < -0.3 is 4.74 Å². The van der Waals surface area contributed by atoms with E-state index >= 15 is 0 Å². The summed E-state index contributed by atoms with van der Waals surface area (Å²) in [5, 5.41) is 0.245. The van der Waals surface area contributed by atoms with Crippen molar-refractivity contribution in [2.24, 2.45) is 0 Å². The van der Waals surface area contributed by atoms with Gasteiger partial charge in [-0.15, -0.1) is 0 Å². The number of hydrogen-bond donors (Lipinski definition) is 0. The maximum atomic E-state index is 12.8. The maximum Gasteiger partial charge on any atom is 0.417 e. The lowest BCUT2D eigenvalue weighted by Crippen LogP contribution is -2.08. The number of esters is 1. The van der Waals surface area contributed by atoms with Gasteiger partial charge in [0.25, 0.3) is 0 Å². The number of aromatic nitrogens is 1. The average molecular weight is 383 g/mol. The highest BCUT2D eigenvalue weighted by Crippen LogP contribution is 2.38. The van der Waals surface area contributed by atoms with E-state index in [1.807, 2.05) is 0 Å². The summed E-state index contributed by atoms with van der Waals surface area (Å²) in [7, 11) is 0. The minimum absolute atomic E-state index is 0.00729. The molecule has 2 aromatic rings. The number of halogens is 5. The van der Waals surface area contributed by atoms with Gasteiger partial charge in [-0.05, 0) is 19.1 Å². The van der Waals surface area contributed by atoms with Crippen LogP contribution in [0, 0.1) is 0 Å². The summed E-state index contributed by atoms with van der Waals surface area (Å²) < 4.78 is 43.1. The third kappa shape index (κ3) is 3.13. The predicted molar refractivity (Wildman–Crippen MR) is 75.4 cm³/mol. The highest BCUT2D eigenvalue weighted by molar-refractivity contribution is 9.10. The van der Waals surface area contributed by atoms with Crippen molar-refractivity contribution in [3.63, 3.8) is 0 Å². The zero-order chi connectivity index (χ0) is 15.8. The van der Waals surface area contributed by atoms with E-state index in [1.165, 1.54) is 6.07 Å². The van der Waals surface area contributed by atoms with Crippen LogP contribution in [0.25, 0.3) is 10.9 Å². The topological polar surface area (TPSA) is 39.2 Å². The van der Waals surface area contributed by atoms with Gasteiger partial charge >= 0.3 is 12.1 Å². The molecule has 0 fully saturated rings. The van der Waals surface area contributed by atoms with E-state index in [9.17, 15) is 18.0 Å². The number of hydrogen-bond acceptors (Lipinski definition) is 3. The Hall–Kier alpha value is -1.34. The molecule has 0 aliphatic rings. The standard InChI is InChI=1S/C13H8BrClF3NO2/c1-2-21-12(20)7-5-19-10-4-8(13(16,17)18)9(14)3-6(10)11(7)15/h3-5H,2H2,1H3. The number of ether oxygens (including phenoxy) is 1. The molecule has 1 aromatic heterocycles. The molecular weight excluding hydrogens is 374 g/mol. The molecule has 0 radical (unpaired) electrons. The second kappa shape index (κ2) is 5.81. The molecule has 1 heterocycles. The fourth-order valence-electron chi connectivity index (χ4n) is 1.75. The van der Waals surface area contributed by atoms with Crippen LogP contribution in [0.3, 0.4) is 0 Å². The molecule has 112 valence electrons. The Kier molecular flexibility index (Phi) is 4.43. The van der Waals surface area contributed by atoms with E-state index in [4.69, 9.17) is 16.3 Å². The summed E-state index contributed by atoms with van der Waals surface area (Å²) in [5.74, 6) is -0.673. The van der Waals surface area contributed by atoms with E-state index < -0.39 is 17.7 Å². The third-order valence-electron chi connectivity index (χ3n) is 2.69. The second-order valence-electron chi connectivity index (χ2n) is 4.05. The minimum atomic E-state index is -4.51. The molecule has 0 aliphatic heterocycles. The number of carbonyl (C=O) groups excluding carboxylic acids is 1. The Morgan fingerprint density at radius 1 is 1.43 bits per heavy atom. The molecule has 0 aliphatic carbocycles. The van der Waals surface area contributed by atoms with Crippen LogP contribution in [0.1, 0.15) is 22.8 Å². The lowest BCUT2D eigenvalue weighted by Gasteiger charge is -2.12. The molecule has 0 N–H and O–H groups in total. The van der Waals surface area contributed by atoms with Crippen LogP contribution < -0.4 is 0 Å². The van der Waals surface area contributed by atoms with Gasteiger partial charge in [-0.1, -0.05) is 27.5 Å². The summed E-state index contributed by atoms with van der Waals surface area (Å²) in [6.07, 6.45) is -3.41. The van der Waals surface area contributed by atoms with Crippen molar-refractivity contribution in [3.8, 4) is 0 Å². The van der Waals surface area contributed by atoms with Gasteiger partial charge in [-0.2, -0.15) is 13.2 Å². The number of benzene rings is 1. The zero-order valence-electron chi connectivity index (χ0n) is 10.6. The van der Waals surface area contributed by atoms with Crippen molar-refractivity contribution in [2.75, 3.05) is 6.61 Å². The summed E-state index contributed by atoms with van der Waals surface area (Å²) in [6, 6.07) is 2.07. The van der Waals surface area contributed by atoms with Crippen molar-refractivity contribution in [1.82, 2.24) is 4.98 Å². The molecule has 8 heteroatoms. The first-order chi connectivity index (χ1) is 9.75. The van der Waals surface area contributed by atoms with Crippen molar-refractivity contribution in [2.45, 2.75) is 13.1 Å². The first-order valence-electron chi connectivity index (χ1n) is 5.77. The molecule has 0 amide bonds. The first-order valence-corrected chi connectivity index (χ1v) is 6.95. The van der Waals surface area contributed by atoms with Crippen LogP contribution in [-0.4, -0.2) is 17.6 Å². The lowest BCUT2D eigenvalue weighted by molar-refractivity contribution is -0.138. The van der Waals surface area contributed by atoms with Crippen LogP contribution in [-0.2, 0) is 10.9 Å². The van der Waals surface area contributed by atoms with Crippen LogP contribution in [0.4, 0.5) is 13.2 Å². The van der Waals surface area contributed by atoms with Gasteiger partial charge in [0.05, 0.1) is 28.3 Å². The summed E-state index contributed by atoms with van der Waals surface area (Å²) in [6.45, 7) is 1.79. The Balaban J connectivity index is 2.65. The SMILES string of the molecule is CCOC(=O)c1cnc2cc(C(F)(F)F)c(Br)cc2c1Cl. The smallest absolute Gasteiger partial charge is 0.417 e. The van der Waals surface area contributed by atoms with Gasteiger partial charge in [0, 0.05) is 16.1 Å². The molecule has 0 saturated carbocycles. The molecule has 0 saturated heterocycles. The lowest BCUT2D eigenvalue weighted by atomic mass is 10.1. The number of alkyl halides is 3. The molecule has 0 bridgehead atoms. The van der Waals surface area contributed by atoms with Crippen LogP contribution >= 0.6 is 27.5 Å². The summed E-state index contributed by atoms with van der Waals surface area (Å²) >= 11 is 8.92. The number of nitrogens with zero attached hydrogens (tertiary/aromatic N) is 1. The van der Waals surface area contributed by atoms with Gasteiger partial charge in [0.1, 0.15) is 0 Å². The van der Waals surface area contributed by atoms with Gasteiger partial charge in [-0.3, -0.25) is 4.98 Å². The normalized spacial score (nSPS) is 11.7. The fourth-order valence-corrected chi connectivity index (χ4v) is 2.59. The highest BCUT2D eigenvalue weighted by atomic mass is 79.9. The first kappa shape index (κ1) is 16.0. The molecule has 0 atom stereocenters. The largest absolute Gasteiger partial charge is 0.462 e. The molecule has 0 unspecified atom stereocenters. The van der Waals surface area contributed by atoms with Crippen molar-refractivity contribution < 1.29 is 22.7 Å². The fraction of sp³-hybridized carbons (Fsp3) is 0.231. The summed E-state index contributed by atoms with van der Waals surface area (Å²) in [4.78, 5) is 15.5. The zero-order valence-corrected chi connectivity index (χ0v) is 12.9. The van der Waals surface area contributed by atoms with E-state index in [0.29, 0.717) is 0 Å². The Bertz CT molecular complexity index is 719. The maximum absolute atomic E-state index is 12.8. The van der Waals surface area contributed by atoms with Crippen LogP contribution in [0.2, 0.25) is 5.02 Å². The van der Waals surface area contributed by atoms with Crippen molar-refractivity contribution in [3.05, 3.63) is 39.0 Å². The minimum Gasteiger partial charge on any atom is -0.462 e. The van der Waals surface area contributed by atoms with Crippen molar-refractivity contribution >= 4 is 44.4 Å². The quantitative estimate of drug-likeness (QED) is 0.697. The third-order valence-corrected chi connectivity index (χ3v) is 3.76. The molecule has 21 heavy (non-hydrogen) atoms. The van der Waals surface area contributed by atoms with E-state index in [0.717, 1.165) is 12.3 Å². The number of rotatable bonds is 2. The molecule has 3 nitrogen and oxygen atoms in total. The monoisotopic (exact) mass is 381 g/mol. The molecule has 1 aromatic carbocycles. The highest BCUT2D eigenvalue weighted by Gasteiger charge is 2.33. The Morgan fingerprint density at radius 3 is 2.67 bits per heavy atom. The van der Waals surface area contributed by atoms with Gasteiger partial charge in [-0.25, -0.2) is 4.79 Å². The number of pyridine rings is 1. The van der Waals surface area contributed by atoms with Crippen LogP contribution in [0.5, 0.6) is 0 Å². The molecular formula is C13H8BrClF3NO2. The number of fused-ring (bicyclic) bond motifs is 1. The predicted octanol–water partition coefficient (Wildman–Crippen LogP) is 4.85. The van der Waals surface area contributed by atoms with E-state index in [1.54, 1.807) is 6.92 Å². The summed E-state index contributed by atoms with van der Waals surface area (Å²) in [5.41, 5.74) is -0.802. The second-order valence-corrected chi connectivity index (χ2v) is 5.29. The van der Waals surface area contributed by atoms with E-state index in [-0.39, 0.29) is 32.6 Å². The van der Waals surface area contributed by atoms with Crippen molar-refractivity contribution in [1.29, 1.82) is 0 Å². The molecule has 2 rings (SSSR count). The Labute approximate surface area is 131 Å². The average Bonchev–Trinajstić information content (AvgIpc) is 2.38.